The molecular formula is C8H16OS2. The lowest BCUT2D eigenvalue weighted by atomic mass is 10.3. The zero-order valence-electron chi connectivity index (χ0n) is 7.21. The molecule has 0 aromatic carbocycles. The molecule has 66 valence electrons. The van der Waals surface area contributed by atoms with Crippen LogP contribution in [0.2, 0.25) is 0 Å². The molecule has 0 radical (unpaired) electrons. The van der Waals surface area contributed by atoms with Crippen molar-refractivity contribution in [2.75, 3.05) is 18.6 Å². The van der Waals surface area contributed by atoms with Gasteiger partial charge in [-0.15, -0.1) is 11.8 Å². The van der Waals surface area contributed by atoms with Gasteiger partial charge in [-0.05, 0) is 24.9 Å². The van der Waals surface area contributed by atoms with Gasteiger partial charge < -0.3 is 4.74 Å². The van der Waals surface area contributed by atoms with Crippen LogP contribution in [0.25, 0.3) is 0 Å². The van der Waals surface area contributed by atoms with Crippen LogP contribution >= 0.6 is 23.5 Å². The van der Waals surface area contributed by atoms with Crippen LogP contribution in [0.4, 0.5) is 0 Å². The zero-order chi connectivity index (χ0) is 8.10. The van der Waals surface area contributed by atoms with Crippen LogP contribution in [0.3, 0.4) is 0 Å². The summed E-state index contributed by atoms with van der Waals surface area (Å²) in [6.07, 6.45) is 4.58. The minimum Gasteiger partial charge on any atom is -0.368 e. The van der Waals surface area contributed by atoms with E-state index in [-0.39, 0.29) is 0 Å². The molecule has 1 heterocycles. The summed E-state index contributed by atoms with van der Waals surface area (Å²) < 4.78 is 5.60. The first-order valence-corrected chi connectivity index (χ1v) is 6.42. The molecule has 1 saturated heterocycles. The van der Waals surface area contributed by atoms with Crippen molar-refractivity contribution in [1.82, 2.24) is 0 Å². The molecule has 11 heavy (non-hydrogen) atoms. The van der Waals surface area contributed by atoms with E-state index in [4.69, 9.17) is 4.74 Å². The van der Waals surface area contributed by atoms with Crippen molar-refractivity contribution in [3.63, 3.8) is 0 Å². The van der Waals surface area contributed by atoms with Crippen molar-refractivity contribution in [3.8, 4) is 0 Å². The predicted molar refractivity (Wildman–Crippen MR) is 54.4 cm³/mol. The van der Waals surface area contributed by atoms with E-state index in [1.807, 2.05) is 23.5 Å². The zero-order valence-corrected chi connectivity index (χ0v) is 8.84. The Morgan fingerprint density at radius 3 is 3.09 bits per heavy atom. The maximum Gasteiger partial charge on any atom is 0.104 e. The molecule has 2 atom stereocenters. The van der Waals surface area contributed by atoms with Gasteiger partial charge in [-0.3, -0.25) is 0 Å². The highest BCUT2D eigenvalue weighted by molar-refractivity contribution is 8.00. The minimum atomic E-state index is 0.478. The standard InChI is InChI=1S/C8H16OS2/c1-7-3-5-9-8(11-7)4-6-10-2/h7-8H,3-6H2,1-2H3. The fraction of sp³-hybridized carbons (Fsp3) is 1.00. The molecule has 0 aromatic heterocycles. The summed E-state index contributed by atoms with van der Waals surface area (Å²) in [5.41, 5.74) is 0.478. The summed E-state index contributed by atoms with van der Waals surface area (Å²) in [4.78, 5) is 0. The Bertz CT molecular complexity index is 108. The van der Waals surface area contributed by atoms with Gasteiger partial charge in [-0.25, -0.2) is 0 Å². The Labute approximate surface area is 77.6 Å². The van der Waals surface area contributed by atoms with Gasteiger partial charge in [0, 0.05) is 11.9 Å². The summed E-state index contributed by atoms with van der Waals surface area (Å²) >= 11 is 3.89. The predicted octanol–water partition coefficient (Wildman–Crippen LogP) is 2.61. The van der Waals surface area contributed by atoms with Gasteiger partial charge in [0.05, 0.1) is 0 Å². The smallest absolute Gasteiger partial charge is 0.104 e. The van der Waals surface area contributed by atoms with E-state index in [1.165, 1.54) is 18.6 Å². The third-order valence-corrected chi connectivity index (χ3v) is 3.79. The highest BCUT2D eigenvalue weighted by Gasteiger charge is 2.18. The maximum atomic E-state index is 5.60. The van der Waals surface area contributed by atoms with Gasteiger partial charge in [0.25, 0.3) is 0 Å². The molecule has 0 aliphatic carbocycles. The first-order chi connectivity index (χ1) is 5.33. The Morgan fingerprint density at radius 2 is 2.45 bits per heavy atom. The van der Waals surface area contributed by atoms with E-state index in [1.54, 1.807) is 0 Å². The highest BCUT2D eigenvalue weighted by Crippen LogP contribution is 2.29. The van der Waals surface area contributed by atoms with Gasteiger partial charge in [0.1, 0.15) is 5.44 Å². The highest BCUT2D eigenvalue weighted by atomic mass is 32.2. The second kappa shape index (κ2) is 5.33. The van der Waals surface area contributed by atoms with Gasteiger partial charge in [-0.2, -0.15) is 11.8 Å². The molecule has 0 saturated carbocycles. The molecule has 1 rings (SSSR count). The second-order valence-corrected chi connectivity index (χ2v) is 5.41. The topological polar surface area (TPSA) is 9.23 Å². The molecule has 2 unspecified atom stereocenters. The van der Waals surface area contributed by atoms with Crippen LogP contribution in [-0.2, 0) is 4.74 Å². The average Bonchev–Trinajstić information content (AvgIpc) is 2.01. The van der Waals surface area contributed by atoms with Crippen LogP contribution in [0, 0.1) is 0 Å². The summed E-state index contributed by atoms with van der Waals surface area (Å²) in [7, 11) is 0. The Kier molecular flexibility index (Phi) is 4.72. The van der Waals surface area contributed by atoms with Crippen LogP contribution in [0.1, 0.15) is 19.8 Å². The largest absolute Gasteiger partial charge is 0.368 e. The van der Waals surface area contributed by atoms with Gasteiger partial charge in [0.15, 0.2) is 0 Å². The van der Waals surface area contributed by atoms with E-state index in [0.717, 1.165) is 11.9 Å². The van der Waals surface area contributed by atoms with Gasteiger partial charge in [0.2, 0.25) is 0 Å². The number of ether oxygens (including phenoxy) is 1. The molecular weight excluding hydrogens is 176 g/mol. The molecule has 1 aliphatic rings. The molecule has 1 nitrogen and oxygen atoms in total. The van der Waals surface area contributed by atoms with Crippen LogP contribution in [0.15, 0.2) is 0 Å². The summed E-state index contributed by atoms with van der Waals surface area (Å²) in [6.45, 7) is 3.26. The van der Waals surface area contributed by atoms with E-state index in [2.05, 4.69) is 13.2 Å². The lowest BCUT2D eigenvalue weighted by molar-refractivity contribution is 0.0991. The van der Waals surface area contributed by atoms with Crippen molar-refractivity contribution >= 4 is 23.5 Å². The van der Waals surface area contributed by atoms with E-state index >= 15 is 0 Å². The number of thioether (sulfide) groups is 2. The summed E-state index contributed by atoms with van der Waals surface area (Å²) in [6, 6.07) is 0. The number of hydrogen-bond donors (Lipinski definition) is 0. The minimum absolute atomic E-state index is 0.478. The van der Waals surface area contributed by atoms with E-state index < -0.39 is 0 Å². The molecule has 1 fully saturated rings. The SMILES string of the molecule is CSCCC1OCCC(C)S1. The van der Waals surface area contributed by atoms with E-state index in [9.17, 15) is 0 Å². The monoisotopic (exact) mass is 192 g/mol. The van der Waals surface area contributed by atoms with Crippen LogP contribution in [-0.4, -0.2) is 29.3 Å². The Morgan fingerprint density at radius 1 is 1.64 bits per heavy atom. The lowest BCUT2D eigenvalue weighted by Crippen LogP contribution is -2.21. The normalized spacial score (nSPS) is 32.2. The van der Waals surface area contributed by atoms with Crippen molar-refractivity contribution in [1.29, 1.82) is 0 Å². The molecule has 3 heteroatoms. The van der Waals surface area contributed by atoms with E-state index in [0.29, 0.717) is 5.44 Å². The van der Waals surface area contributed by atoms with Gasteiger partial charge >= 0.3 is 0 Å². The quantitative estimate of drug-likeness (QED) is 0.680. The fourth-order valence-electron chi connectivity index (χ4n) is 1.10. The fourth-order valence-corrected chi connectivity index (χ4v) is 2.88. The third kappa shape index (κ3) is 3.72. The molecule has 1 aliphatic heterocycles. The number of hydrogen-bond acceptors (Lipinski definition) is 3. The first kappa shape index (κ1) is 9.75. The average molecular weight is 192 g/mol. The molecule has 0 spiro atoms. The summed E-state index contributed by atoms with van der Waals surface area (Å²) in [5, 5.41) is 0.801. The third-order valence-electron chi connectivity index (χ3n) is 1.77. The molecule has 0 bridgehead atoms. The van der Waals surface area contributed by atoms with Crippen molar-refractivity contribution < 1.29 is 4.74 Å². The van der Waals surface area contributed by atoms with Crippen molar-refractivity contribution in [3.05, 3.63) is 0 Å². The van der Waals surface area contributed by atoms with Crippen LogP contribution < -0.4 is 0 Å². The molecule has 0 N–H and O–H groups in total. The molecule has 0 amide bonds. The molecule has 0 aromatic rings. The Balaban J connectivity index is 2.12. The number of rotatable bonds is 3. The summed E-state index contributed by atoms with van der Waals surface area (Å²) in [5.74, 6) is 1.23. The lowest BCUT2D eigenvalue weighted by Gasteiger charge is -2.26. The Hall–Kier alpha value is 0.660. The van der Waals surface area contributed by atoms with Crippen molar-refractivity contribution in [2.45, 2.75) is 30.5 Å². The second-order valence-electron chi connectivity index (χ2n) is 2.82. The van der Waals surface area contributed by atoms with Crippen molar-refractivity contribution in [2.24, 2.45) is 0 Å². The maximum absolute atomic E-state index is 5.60. The van der Waals surface area contributed by atoms with Crippen LogP contribution in [0.5, 0.6) is 0 Å². The van der Waals surface area contributed by atoms with Gasteiger partial charge in [-0.1, -0.05) is 6.92 Å². The first-order valence-electron chi connectivity index (χ1n) is 4.09.